The predicted molar refractivity (Wildman–Crippen MR) is 80.3 cm³/mol. The molecule has 19 heavy (non-hydrogen) atoms. The van der Waals surface area contributed by atoms with E-state index < -0.39 is 0 Å². The Morgan fingerprint density at radius 1 is 1.16 bits per heavy atom. The molecular weight excluding hydrogens is 304 g/mol. The summed E-state index contributed by atoms with van der Waals surface area (Å²) in [5, 5.41) is 3.36. The summed E-state index contributed by atoms with van der Waals surface area (Å²) in [6.45, 7) is 3.99. The first-order valence-electron chi connectivity index (χ1n) is 6.37. The Morgan fingerprint density at radius 2 is 1.95 bits per heavy atom. The van der Waals surface area contributed by atoms with E-state index in [2.05, 4.69) is 42.2 Å². The lowest BCUT2D eigenvalue weighted by atomic mass is 10.1. The highest BCUT2D eigenvalue weighted by Gasteiger charge is 2.17. The van der Waals surface area contributed by atoms with Crippen molar-refractivity contribution in [2.24, 2.45) is 0 Å². The van der Waals surface area contributed by atoms with Crippen molar-refractivity contribution in [1.82, 2.24) is 15.3 Å². The summed E-state index contributed by atoms with van der Waals surface area (Å²) >= 11 is 3.60. The maximum absolute atomic E-state index is 4.48. The lowest BCUT2D eigenvalue weighted by Gasteiger charge is -2.30. The Morgan fingerprint density at radius 3 is 2.74 bits per heavy atom. The fraction of sp³-hybridized carbons (Fsp3) is 0.286. The quantitative estimate of drug-likeness (QED) is 0.922. The second-order valence-corrected chi connectivity index (χ2v) is 5.33. The summed E-state index contributed by atoms with van der Waals surface area (Å²) in [5.74, 6) is 0. The third kappa shape index (κ3) is 2.62. The zero-order valence-corrected chi connectivity index (χ0v) is 12.1. The average Bonchev–Trinajstić information content (AvgIpc) is 2.49. The van der Waals surface area contributed by atoms with E-state index in [4.69, 9.17) is 0 Å². The molecule has 5 heteroatoms. The Hall–Kier alpha value is -1.46. The van der Waals surface area contributed by atoms with Crippen molar-refractivity contribution in [2.45, 2.75) is 0 Å². The first-order chi connectivity index (χ1) is 9.36. The highest BCUT2D eigenvalue weighted by Crippen LogP contribution is 2.33. The normalized spacial score (nSPS) is 15.5. The summed E-state index contributed by atoms with van der Waals surface area (Å²) in [6.07, 6.45) is 3.52. The van der Waals surface area contributed by atoms with Gasteiger partial charge in [-0.05, 0) is 6.07 Å². The van der Waals surface area contributed by atoms with Crippen molar-refractivity contribution in [1.29, 1.82) is 0 Å². The summed E-state index contributed by atoms with van der Waals surface area (Å²) in [6, 6.07) is 8.17. The molecule has 0 unspecified atom stereocenters. The highest BCUT2D eigenvalue weighted by molar-refractivity contribution is 9.10. The molecule has 1 aromatic carbocycles. The van der Waals surface area contributed by atoms with Crippen LogP contribution in [0.15, 0.2) is 41.3 Å². The van der Waals surface area contributed by atoms with Gasteiger partial charge in [-0.15, -0.1) is 0 Å². The van der Waals surface area contributed by atoms with E-state index in [1.807, 2.05) is 24.4 Å². The lowest BCUT2D eigenvalue weighted by Crippen LogP contribution is -2.43. The molecule has 2 aromatic rings. The minimum Gasteiger partial charge on any atom is -0.366 e. The van der Waals surface area contributed by atoms with Crippen LogP contribution in [0.3, 0.4) is 0 Å². The van der Waals surface area contributed by atoms with Crippen LogP contribution in [0.25, 0.3) is 11.3 Å². The Bertz CT molecular complexity index is 567. The van der Waals surface area contributed by atoms with Gasteiger partial charge >= 0.3 is 0 Å². The number of benzene rings is 1. The molecule has 3 rings (SSSR count). The van der Waals surface area contributed by atoms with Crippen LogP contribution in [-0.2, 0) is 0 Å². The molecule has 1 aromatic heterocycles. The van der Waals surface area contributed by atoms with Crippen LogP contribution >= 0.6 is 15.9 Å². The van der Waals surface area contributed by atoms with Gasteiger partial charge in [0, 0.05) is 36.2 Å². The van der Waals surface area contributed by atoms with Crippen LogP contribution in [0.5, 0.6) is 0 Å². The summed E-state index contributed by atoms with van der Waals surface area (Å²) < 4.78 is 1.06. The summed E-state index contributed by atoms with van der Waals surface area (Å²) in [7, 11) is 0. The number of rotatable bonds is 2. The topological polar surface area (TPSA) is 41.1 Å². The molecule has 0 spiro atoms. The summed E-state index contributed by atoms with van der Waals surface area (Å²) in [4.78, 5) is 11.0. The number of aromatic nitrogens is 2. The van der Waals surface area contributed by atoms with Gasteiger partial charge in [0.25, 0.3) is 0 Å². The van der Waals surface area contributed by atoms with Crippen molar-refractivity contribution in [2.75, 3.05) is 31.1 Å². The number of piperazine rings is 1. The van der Waals surface area contributed by atoms with Gasteiger partial charge in [-0.1, -0.05) is 34.1 Å². The molecule has 0 amide bonds. The van der Waals surface area contributed by atoms with Gasteiger partial charge in [0.1, 0.15) is 6.33 Å². The standard InChI is InChI=1S/C14H15BrN4/c15-12-4-2-1-3-11(12)14-13(9-17-10-18-14)19-7-5-16-6-8-19/h1-4,9-10,16H,5-8H2. The smallest absolute Gasteiger partial charge is 0.116 e. The third-order valence-electron chi connectivity index (χ3n) is 3.28. The second-order valence-electron chi connectivity index (χ2n) is 4.47. The van der Waals surface area contributed by atoms with E-state index in [0.717, 1.165) is 47.6 Å². The fourth-order valence-electron chi connectivity index (χ4n) is 2.32. The molecule has 0 atom stereocenters. The first-order valence-corrected chi connectivity index (χ1v) is 7.16. The van der Waals surface area contributed by atoms with Crippen LogP contribution in [0.2, 0.25) is 0 Å². The van der Waals surface area contributed by atoms with Crippen LogP contribution in [0, 0.1) is 0 Å². The predicted octanol–water partition coefficient (Wildman–Crippen LogP) is 2.32. The van der Waals surface area contributed by atoms with Crippen molar-refractivity contribution >= 4 is 21.6 Å². The SMILES string of the molecule is Brc1ccccc1-c1ncncc1N1CCNCC1. The first kappa shape index (κ1) is 12.6. The Labute approximate surface area is 121 Å². The minimum absolute atomic E-state index is 0.990. The van der Waals surface area contributed by atoms with Gasteiger partial charge in [-0.25, -0.2) is 9.97 Å². The number of hydrogen-bond acceptors (Lipinski definition) is 4. The molecule has 0 radical (unpaired) electrons. The number of nitrogens with zero attached hydrogens (tertiary/aromatic N) is 3. The van der Waals surface area contributed by atoms with Crippen molar-refractivity contribution in [3.05, 3.63) is 41.3 Å². The molecule has 0 saturated carbocycles. The highest BCUT2D eigenvalue weighted by atomic mass is 79.9. The zero-order valence-electron chi connectivity index (χ0n) is 10.5. The van der Waals surface area contributed by atoms with E-state index in [1.165, 1.54) is 0 Å². The van der Waals surface area contributed by atoms with Gasteiger partial charge in [0.15, 0.2) is 0 Å². The molecule has 1 aliphatic heterocycles. The molecule has 0 bridgehead atoms. The molecular formula is C14H15BrN4. The largest absolute Gasteiger partial charge is 0.366 e. The summed E-state index contributed by atoms with van der Waals surface area (Å²) in [5.41, 5.74) is 3.21. The van der Waals surface area contributed by atoms with Crippen molar-refractivity contribution in [3.8, 4) is 11.3 Å². The molecule has 1 fully saturated rings. The molecule has 1 saturated heterocycles. The monoisotopic (exact) mass is 318 g/mol. The fourth-order valence-corrected chi connectivity index (χ4v) is 2.79. The maximum atomic E-state index is 4.48. The van der Waals surface area contributed by atoms with Gasteiger partial charge in [0.2, 0.25) is 0 Å². The lowest BCUT2D eigenvalue weighted by molar-refractivity contribution is 0.588. The van der Waals surface area contributed by atoms with Crippen molar-refractivity contribution < 1.29 is 0 Å². The average molecular weight is 319 g/mol. The molecule has 1 aliphatic rings. The van der Waals surface area contributed by atoms with Gasteiger partial charge < -0.3 is 10.2 Å². The van der Waals surface area contributed by atoms with Crippen molar-refractivity contribution in [3.63, 3.8) is 0 Å². The number of hydrogen-bond donors (Lipinski definition) is 1. The van der Waals surface area contributed by atoms with E-state index >= 15 is 0 Å². The van der Waals surface area contributed by atoms with E-state index in [1.54, 1.807) is 6.33 Å². The van der Waals surface area contributed by atoms with Gasteiger partial charge in [-0.2, -0.15) is 0 Å². The molecule has 2 heterocycles. The molecule has 98 valence electrons. The molecule has 0 aliphatic carbocycles. The minimum atomic E-state index is 0.990. The molecule has 1 N–H and O–H groups in total. The van der Waals surface area contributed by atoms with Crippen LogP contribution < -0.4 is 10.2 Å². The maximum Gasteiger partial charge on any atom is 0.116 e. The number of halogens is 1. The molecule has 4 nitrogen and oxygen atoms in total. The Kier molecular flexibility index (Phi) is 3.75. The zero-order chi connectivity index (χ0) is 13.1. The Balaban J connectivity index is 2.04. The number of anilines is 1. The van der Waals surface area contributed by atoms with Crippen LogP contribution in [0.1, 0.15) is 0 Å². The van der Waals surface area contributed by atoms with Crippen LogP contribution in [0.4, 0.5) is 5.69 Å². The second kappa shape index (κ2) is 5.67. The van der Waals surface area contributed by atoms with Crippen LogP contribution in [-0.4, -0.2) is 36.1 Å². The third-order valence-corrected chi connectivity index (χ3v) is 3.97. The van der Waals surface area contributed by atoms with Gasteiger partial charge in [-0.3, -0.25) is 0 Å². The van der Waals surface area contributed by atoms with Gasteiger partial charge in [0.05, 0.1) is 17.6 Å². The van der Waals surface area contributed by atoms with E-state index in [-0.39, 0.29) is 0 Å². The van der Waals surface area contributed by atoms with E-state index in [9.17, 15) is 0 Å². The van der Waals surface area contributed by atoms with E-state index in [0.29, 0.717) is 0 Å². The number of nitrogens with one attached hydrogen (secondary N) is 1.